The van der Waals surface area contributed by atoms with E-state index in [1.54, 1.807) is 0 Å². The maximum absolute atomic E-state index is 10.4. The van der Waals surface area contributed by atoms with Gasteiger partial charge in [-0.25, -0.2) is 0 Å². The summed E-state index contributed by atoms with van der Waals surface area (Å²) in [6, 6.07) is 16.2. The number of likely N-dealkylation sites (tertiary alicyclic amines) is 1. The predicted molar refractivity (Wildman–Crippen MR) is 119 cm³/mol. The number of aliphatic hydroxyl groups is 1. The molecular formula is C24H29ClN2O2. The van der Waals surface area contributed by atoms with Gasteiger partial charge in [-0.2, -0.15) is 0 Å². The summed E-state index contributed by atoms with van der Waals surface area (Å²) >= 11 is 5.94. The number of hydrogen-bond donors (Lipinski definition) is 2. The second-order valence-corrected chi connectivity index (χ2v) is 8.48. The van der Waals surface area contributed by atoms with Crippen molar-refractivity contribution in [2.75, 3.05) is 26.2 Å². The van der Waals surface area contributed by atoms with Crippen molar-refractivity contribution in [2.45, 2.75) is 37.9 Å². The first-order valence-electron chi connectivity index (χ1n) is 10.4. The number of rotatable bonds is 7. The fourth-order valence-corrected chi connectivity index (χ4v) is 4.42. The number of ether oxygens (including phenoxy) is 1. The largest absolute Gasteiger partial charge is 0.389 e. The van der Waals surface area contributed by atoms with Crippen molar-refractivity contribution in [1.29, 1.82) is 0 Å². The lowest BCUT2D eigenvalue weighted by molar-refractivity contribution is -0.0181. The van der Waals surface area contributed by atoms with E-state index in [4.69, 9.17) is 16.3 Å². The fraction of sp³-hybridized carbons (Fsp3) is 0.417. The Bertz CT molecular complexity index is 916. The fourth-order valence-electron chi connectivity index (χ4n) is 4.29. The van der Waals surface area contributed by atoms with Gasteiger partial charge in [0.05, 0.1) is 18.8 Å². The van der Waals surface area contributed by atoms with E-state index < -0.39 is 6.10 Å². The van der Waals surface area contributed by atoms with E-state index in [0.717, 1.165) is 36.5 Å². The van der Waals surface area contributed by atoms with Crippen LogP contribution in [0.5, 0.6) is 0 Å². The second kappa shape index (κ2) is 9.31. The highest BCUT2D eigenvalue weighted by Crippen LogP contribution is 2.33. The molecule has 2 heterocycles. The summed E-state index contributed by atoms with van der Waals surface area (Å²) in [5.74, 6) is 0.584. The summed E-state index contributed by atoms with van der Waals surface area (Å²) in [4.78, 5) is 5.75. The van der Waals surface area contributed by atoms with Crippen LogP contribution in [-0.2, 0) is 4.74 Å². The molecule has 2 atom stereocenters. The minimum atomic E-state index is -0.477. The van der Waals surface area contributed by atoms with Crippen LogP contribution in [0.1, 0.15) is 42.9 Å². The van der Waals surface area contributed by atoms with Crippen LogP contribution in [0, 0.1) is 0 Å². The molecule has 1 aromatic heterocycles. The topological polar surface area (TPSA) is 48.5 Å². The Morgan fingerprint density at radius 2 is 1.86 bits per heavy atom. The molecule has 1 fully saturated rings. The van der Waals surface area contributed by atoms with E-state index in [1.165, 1.54) is 16.5 Å². The molecule has 1 saturated heterocycles. The van der Waals surface area contributed by atoms with Gasteiger partial charge in [0.1, 0.15) is 0 Å². The number of aromatic amines is 1. The van der Waals surface area contributed by atoms with Gasteiger partial charge < -0.3 is 19.7 Å². The van der Waals surface area contributed by atoms with Gasteiger partial charge in [-0.1, -0.05) is 41.9 Å². The molecule has 3 aromatic rings. The number of nitrogens with zero attached hydrogens (tertiary/aromatic N) is 1. The van der Waals surface area contributed by atoms with Crippen molar-refractivity contribution in [3.05, 3.63) is 70.9 Å². The lowest BCUT2D eigenvalue weighted by Gasteiger charge is -2.33. The predicted octanol–water partition coefficient (Wildman–Crippen LogP) is 5.14. The van der Waals surface area contributed by atoms with Gasteiger partial charge in [0.2, 0.25) is 0 Å². The highest BCUT2D eigenvalue weighted by Gasteiger charge is 2.24. The number of piperidine rings is 1. The van der Waals surface area contributed by atoms with Crippen LogP contribution in [0.3, 0.4) is 0 Å². The summed E-state index contributed by atoms with van der Waals surface area (Å²) in [5.41, 5.74) is 3.72. The van der Waals surface area contributed by atoms with E-state index in [9.17, 15) is 5.11 Å². The number of β-amino-alcohol motifs (C(OH)–C–C–N with tert-alkyl or cyclic N) is 1. The number of benzene rings is 2. The first-order valence-corrected chi connectivity index (χ1v) is 10.8. The Kier molecular flexibility index (Phi) is 6.56. The van der Waals surface area contributed by atoms with E-state index in [2.05, 4.69) is 40.3 Å². The third kappa shape index (κ3) is 5.01. The number of H-pyrrole nitrogens is 1. The Morgan fingerprint density at radius 3 is 2.62 bits per heavy atom. The molecule has 0 radical (unpaired) electrons. The second-order valence-electron chi connectivity index (χ2n) is 8.05. The lowest BCUT2D eigenvalue weighted by Crippen LogP contribution is -2.40. The molecule has 0 spiro atoms. The van der Waals surface area contributed by atoms with Gasteiger partial charge in [0.15, 0.2) is 0 Å². The van der Waals surface area contributed by atoms with Gasteiger partial charge >= 0.3 is 0 Å². The molecule has 2 N–H and O–H groups in total. The summed E-state index contributed by atoms with van der Waals surface area (Å²) in [7, 11) is 0. The van der Waals surface area contributed by atoms with Gasteiger partial charge in [-0.3, -0.25) is 0 Å². The average Bonchev–Trinajstić information content (AvgIpc) is 3.17. The zero-order chi connectivity index (χ0) is 20.2. The molecule has 0 saturated carbocycles. The minimum absolute atomic E-state index is 0.0606. The molecule has 1 aliphatic heterocycles. The number of hydrogen-bond acceptors (Lipinski definition) is 3. The molecule has 4 nitrogen and oxygen atoms in total. The Balaban J connectivity index is 1.23. The highest BCUT2D eigenvalue weighted by atomic mass is 35.5. The van der Waals surface area contributed by atoms with Crippen molar-refractivity contribution in [3.63, 3.8) is 0 Å². The lowest BCUT2D eigenvalue weighted by atomic mass is 9.89. The van der Waals surface area contributed by atoms with Crippen LogP contribution in [-0.4, -0.2) is 47.3 Å². The quantitative estimate of drug-likeness (QED) is 0.564. The van der Waals surface area contributed by atoms with Crippen molar-refractivity contribution in [2.24, 2.45) is 0 Å². The van der Waals surface area contributed by atoms with Crippen LogP contribution >= 0.6 is 11.6 Å². The standard InChI is InChI=1S/C24H29ClN2O2/c1-17(18-6-8-20(25)9-7-18)29-16-21(28)15-27-12-10-19(11-13-27)23-14-26-24-5-3-2-4-22(23)24/h2-9,14,17,19,21,26,28H,10-13,15-16H2,1H3. The molecule has 2 aromatic carbocycles. The van der Waals surface area contributed by atoms with Crippen LogP contribution in [0.15, 0.2) is 54.7 Å². The van der Waals surface area contributed by atoms with Crippen LogP contribution in [0.4, 0.5) is 0 Å². The molecule has 4 rings (SSSR count). The Hall–Kier alpha value is -1.85. The first-order chi connectivity index (χ1) is 14.1. The third-order valence-electron chi connectivity index (χ3n) is 6.00. The average molecular weight is 413 g/mol. The van der Waals surface area contributed by atoms with Crippen molar-refractivity contribution < 1.29 is 9.84 Å². The number of aliphatic hydroxyl groups excluding tert-OH is 1. The number of halogens is 1. The van der Waals surface area contributed by atoms with E-state index in [-0.39, 0.29) is 6.10 Å². The van der Waals surface area contributed by atoms with Crippen molar-refractivity contribution in [3.8, 4) is 0 Å². The maximum atomic E-state index is 10.4. The maximum Gasteiger partial charge on any atom is 0.0900 e. The molecular weight excluding hydrogens is 384 g/mol. The van der Waals surface area contributed by atoms with Gasteiger partial charge in [-0.15, -0.1) is 0 Å². The smallest absolute Gasteiger partial charge is 0.0900 e. The SMILES string of the molecule is CC(OCC(O)CN1CCC(c2c[nH]c3ccccc23)CC1)c1ccc(Cl)cc1. The molecule has 0 amide bonds. The highest BCUT2D eigenvalue weighted by molar-refractivity contribution is 6.30. The van der Waals surface area contributed by atoms with Crippen molar-refractivity contribution >= 4 is 22.5 Å². The molecule has 1 aliphatic rings. The monoisotopic (exact) mass is 412 g/mol. The normalized spacial score (nSPS) is 18.2. The molecule has 0 bridgehead atoms. The molecule has 5 heteroatoms. The Morgan fingerprint density at radius 1 is 1.14 bits per heavy atom. The summed E-state index contributed by atoms with van der Waals surface area (Å²) in [5, 5.41) is 12.5. The first kappa shape index (κ1) is 20.4. The van der Waals surface area contributed by atoms with Crippen LogP contribution in [0.25, 0.3) is 10.9 Å². The zero-order valence-electron chi connectivity index (χ0n) is 16.9. The van der Waals surface area contributed by atoms with E-state index >= 15 is 0 Å². The minimum Gasteiger partial charge on any atom is -0.389 e. The zero-order valence-corrected chi connectivity index (χ0v) is 17.6. The van der Waals surface area contributed by atoms with Gasteiger partial charge in [0.25, 0.3) is 0 Å². The van der Waals surface area contributed by atoms with Gasteiger partial charge in [0, 0.05) is 28.7 Å². The number of nitrogens with one attached hydrogen (secondary N) is 1. The Labute approximate surface area is 177 Å². The third-order valence-corrected chi connectivity index (χ3v) is 6.25. The molecule has 29 heavy (non-hydrogen) atoms. The van der Waals surface area contributed by atoms with Crippen molar-refractivity contribution in [1.82, 2.24) is 9.88 Å². The van der Waals surface area contributed by atoms with E-state index in [1.807, 2.05) is 31.2 Å². The van der Waals surface area contributed by atoms with Gasteiger partial charge in [-0.05, 0) is 68.1 Å². The number of fused-ring (bicyclic) bond motifs is 1. The summed E-state index contributed by atoms with van der Waals surface area (Å²) in [6.07, 6.45) is 3.88. The van der Waals surface area contributed by atoms with E-state index in [0.29, 0.717) is 19.1 Å². The molecule has 154 valence electrons. The number of aromatic nitrogens is 1. The molecule has 0 aliphatic carbocycles. The number of para-hydroxylation sites is 1. The summed E-state index contributed by atoms with van der Waals surface area (Å²) in [6.45, 7) is 5.02. The van der Waals surface area contributed by atoms with Crippen LogP contribution < -0.4 is 0 Å². The summed E-state index contributed by atoms with van der Waals surface area (Å²) < 4.78 is 5.88. The van der Waals surface area contributed by atoms with Crippen LogP contribution in [0.2, 0.25) is 5.02 Å². The molecule has 2 unspecified atom stereocenters.